The third-order valence-electron chi connectivity index (χ3n) is 2.24. The van der Waals surface area contributed by atoms with Gasteiger partial charge in [0.25, 0.3) is 0 Å². The van der Waals surface area contributed by atoms with Gasteiger partial charge in [0, 0.05) is 0 Å². The van der Waals surface area contributed by atoms with Crippen molar-refractivity contribution < 1.29 is 4.74 Å². The van der Waals surface area contributed by atoms with Crippen molar-refractivity contribution in [3.8, 4) is 0 Å². The maximum absolute atomic E-state index is 5.42. The molecule has 0 saturated carbocycles. The minimum atomic E-state index is 0.449. The first-order valence-corrected chi connectivity index (χ1v) is 4.83. The molecule has 1 aromatic carbocycles. The van der Waals surface area contributed by atoms with Crippen molar-refractivity contribution in [3.63, 3.8) is 0 Å². The summed E-state index contributed by atoms with van der Waals surface area (Å²) in [6, 6.07) is 6.28. The van der Waals surface area contributed by atoms with Crippen LogP contribution in [0.3, 0.4) is 0 Å². The summed E-state index contributed by atoms with van der Waals surface area (Å²) in [5, 5.41) is 0. The summed E-state index contributed by atoms with van der Waals surface area (Å²) in [7, 11) is 0. The number of hydrogen-bond acceptors (Lipinski definition) is 2. The molecule has 0 bridgehead atoms. The van der Waals surface area contributed by atoms with Gasteiger partial charge in [0.05, 0.1) is 6.61 Å². The van der Waals surface area contributed by atoms with Crippen molar-refractivity contribution in [3.05, 3.63) is 34.9 Å². The highest BCUT2D eigenvalue weighted by Gasteiger charge is 2.00. The lowest BCUT2D eigenvalue weighted by Crippen LogP contribution is -1.98. The fourth-order valence-corrected chi connectivity index (χ4v) is 1.35. The van der Waals surface area contributed by atoms with E-state index in [1.165, 1.54) is 16.7 Å². The maximum Gasteiger partial charge on any atom is 0.137 e. The van der Waals surface area contributed by atoms with Gasteiger partial charge in [-0.25, -0.2) is 0 Å². The third kappa shape index (κ3) is 2.96. The van der Waals surface area contributed by atoms with E-state index in [2.05, 4.69) is 37.0 Å². The van der Waals surface area contributed by atoms with Crippen molar-refractivity contribution in [2.45, 2.75) is 27.4 Å². The Balaban J connectivity index is 2.57. The summed E-state index contributed by atoms with van der Waals surface area (Å²) in [6.45, 7) is 7.20. The zero-order chi connectivity index (χ0) is 10.4. The Kier molecular flexibility index (Phi) is 4.33. The van der Waals surface area contributed by atoms with E-state index in [1.54, 1.807) is 6.21 Å². The number of benzene rings is 1. The fourth-order valence-electron chi connectivity index (χ4n) is 1.35. The van der Waals surface area contributed by atoms with Crippen molar-refractivity contribution in [2.24, 2.45) is 4.99 Å². The molecule has 0 heterocycles. The Morgan fingerprint density at radius 3 is 2.50 bits per heavy atom. The first kappa shape index (κ1) is 10.9. The molecule has 0 atom stereocenters. The van der Waals surface area contributed by atoms with Gasteiger partial charge in [-0.1, -0.05) is 18.2 Å². The topological polar surface area (TPSA) is 21.6 Å². The molecule has 0 amide bonds. The van der Waals surface area contributed by atoms with E-state index in [0.29, 0.717) is 13.3 Å². The Labute approximate surface area is 85.6 Å². The summed E-state index contributed by atoms with van der Waals surface area (Å²) in [5.41, 5.74) is 3.84. The van der Waals surface area contributed by atoms with Crippen molar-refractivity contribution in [1.29, 1.82) is 0 Å². The highest BCUT2D eigenvalue weighted by molar-refractivity contribution is 5.52. The zero-order valence-corrected chi connectivity index (χ0v) is 9.08. The van der Waals surface area contributed by atoms with Gasteiger partial charge in [-0.05, 0) is 43.7 Å². The zero-order valence-electron chi connectivity index (χ0n) is 9.08. The van der Waals surface area contributed by atoms with Crippen LogP contribution in [0.25, 0.3) is 0 Å². The van der Waals surface area contributed by atoms with Crippen LogP contribution in [-0.4, -0.2) is 12.9 Å². The number of aryl methyl sites for hydroxylation is 2. The molecule has 0 saturated heterocycles. The SMILES string of the molecule is CC=NCOCc1c(C)cccc1C. The fraction of sp³-hybridized carbons (Fsp3) is 0.417. The Morgan fingerprint density at radius 2 is 1.93 bits per heavy atom. The van der Waals surface area contributed by atoms with Crippen LogP contribution < -0.4 is 0 Å². The quantitative estimate of drug-likeness (QED) is 0.529. The number of nitrogens with zero attached hydrogens (tertiary/aromatic N) is 1. The van der Waals surface area contributed by atoms with Crippen LogP contribution in [0.15, 0.2) is 23.2 Å². The standard InChI is InChI=1S/C12H17NO/c1-4-13-9-14-8-12-10(2)6-5-7-11(12)3/h4-7H,8-9H2,1-3H3. The molecule has 76 valence electrons. The van der Waals surface area contributed by atoms with E-state index in [0.717, 1.165) is 0 Å². The molecule has 0 spiro atoms. The Morgan fingerprint density at radius 1 is 1.29 bits per heavy atom. The molecule has 2 heteroatoms. The molecule has 0 aliphatic rings. The molecule has 1 rings (SSSR count). The van der Waals surface area contributed by atoms with Crippen molar-refractivity contribution >= 4 is 6.21 Å². The van der Waals surface area contributed by atoms with E-state index < -0.39 is 0 Å². The van der Waals surface area contributed by atoms with Gasteiger partial charge in [0.15, 0.2) is 0 Å². The molecular formula is C12H17NO. The maximum atomic E-state index is 5.42. The predicted molar refractivity (Wildman–Crippen MR) is 59.7 cm³/mol. The molecular weight excluding hydrogens is 174 g/mol. The first-order valence-electron chi connectivity index (χ1n) is 4.83. The minimum Gasteiger partial charge on any atom is -0.355 e. The normalized spacial score (nSPS) is 11.1. The van der Waals surface area contributed by atoms with Gasteiger partial charge >= 0.3 is 0 Å². The van der Waals surface area contributed by atoms with Gasteiger partial charge in [-0.2, -0.15) is 0 Å². The first-order chi connectivity index (χ1) is 6.75. The predicted octanol–water partition coefficient (Wildman–Crippen LogP) is 2.87. The summed E-state index contributed by atoms with van der Waals surface area (Å²) < 4.78 is 5.42. The summed E-state index contributed by atoms with van der Waals surface area (Å²) in [6.07, 6.45) is 1.75. The van der Waals surface area contributed by atoms with Crippen LogP contribution in [0, 0.1) is 13.8 Å². The lowest BCUT2D eigenvalue weighted by atomic mass is 10.0. The molecule has 14 heavy (non-hydrogen) atoms. The van der Waals surface area contributed by atoms with E-state index in [4.69, 9.17) is 4.74 Å². The summed E-state index contributed by atoms with van der Waals surface area (Å²) >= 11 is 0. The number of hydrogen-bond donors (Lipinski definition) is 0. The average Bonchev–Trinajstić information content (AvgIpc) is 2.16. The molecule has 0 radical (unpaired) electrons. The molecule has 0 fully saturated rings. The number of rotatable bonds is 4. The molecule has 0 aliphatic heterocycles. The molecule has 0 N–H and O–H groups in total. The molecule has 0 unspecified atom stereocenters. The van der Waals surface area contributed by atoms with Gasteiger partial charge in [0.2, 0.25) is 0 Å². The summed E-state index contributed by atoms with van der Waals surface area (Å²) in [5.74, 6) is 0. The lowest BCUT2D eigenvalue weighted by Gasteiger charge is -2.08. The second-order valence-electron chi connectivity index (χ2n) is 3.29. The smallest absolute Gasteiger partial charge is 0.137 e. The molecule has 0 aliphatic carbocycles. The van der Waals surface area contributed by atoms with Crippen LogP contribution in [0.2, 0.25) is 0 Å². The average molecular weight is 191 g/mol. The van der Waals surface area contributed by atoms with Crippen LogP contribution in [-0.2, 0) is 11.3 Å². The number of aliphatic imine (C=N–C) groups is 1. The van der Waals surface area contributed by atoms with E-state index in [9.17, 15) is 0 Å². The van der Waals surface area contributed by atoms with Gasteiger partial charge < -0.3 is 4.74 Å². The Bertz CT molecular complexity index is 298. The largest absolute Gasteiger partial charge is 0.355 e. The van der Waals surface area contributed by atoms with E-state index in [1.807, 2.05) is 6.92 Å². The Hall–Kier alpha value is -1.15. The number of ether oxygens (including phenoxy) is 1. The van der Waals surface area contributed by atoms with E-state index in [-0.39, 0.29) is 0 Å². The minimum absolute atomic E-state index is 0.449. The third-order valence-corrected chi connectivity index (χ3v) is 2.24. The highest BCUT2D eigenvalue weighted by atomic mass is 16.5. The van der Waals surface area contributed by atoms with Crippen LogP contribution >= 0.6 is 0 Å². The van der Waals surface area contributed by atoms with Crippen LogP contribution in [0.1, 0.15) is 23.6 Å². The van der Waals surface area contributed by atoms with Crippen LogP contribution in [0.5, 0.6) is 0 Å². The van der Waals surface area contributed by atoms with Crippen molar-refractivity contribution in [2.75, 3.05) is 6.73 Å². The summed E-state index contributed by atoms with van der Waals surface area (Å²) in [4.78, 5) is 4.00. The van der Waals surface area contributed by atoms with E-state index >= 15 is 0 Å². The van der Waals surface area contributed by atoms with Crippen LogP contribution in [0.4, 0.5) is 0 Å². The van der Waals surface area contributed by atoms with Gasteiger partial charge in [-0.15, -0.1) is 0 Å². The van der Waals surface area contributed by atoms with Gasteiger partial charge in [-0.3, -0.25) is 4.99 Å². The second-order valence-corrected chi connectivity index (χ2v) is 3.29. The highest BCUT2D eigenvalue weighted by Crippen LogP contribution is 2.13. The molecule has 0 aromatic heterocycles. The monoisotopic (exact) mass is 191 g/mol. The second kappa shape index (κ2) is 5.55. The molecule has 2 nitrogen and oxygen atoms in total. The molecule has 1 aromatic rings. The van der Waals surface area contributed by atoms with Gasteiger partial charge in [0.1, 0.15) is 6.73 Å². The van der Waals surface area contributed by atoms with Crippen molar-refractivity contribution in [1.82, 2.24) is 0 Å². The lowest BCUT2D eigenvalue weighted by molar-refractivity contribution is 0.128.